The Morgan fingerprint density at radius 2 is 1.55 bits per heavy atom. The molecule has 8 heteroatoms. The zero-order valence-corrected chi connectivity index (χ0v) is 18.7. The van der Waals surface area contributed by atoms with Crippen molar-refractivity contribution < 1.29 is 23.9 Å². The Labute approximate surface area is 184 Å². The summed E-state index contributed by atoms with van der Waals surface area (Å²) in [6.07, 6.45) is 0.808. The highest BCUT2D eigenvalue weighted by atomic mass is 16.6. The number of benzene rings is 1. The molecule has 31 heavy (non-hydrogen) atoms. The number of ether oxygens (including phenoxy) is 2. The quantitative estimate of drug-likeness (QED) is 0.735. The molecule has 0 spiro atoms. The molecule has 0 saturated carbocycles. The second kappa shape index (κ2) is 10.0. The number of piperazine rings is 1. The van der Waals surface area contributed by atoms with Gasteiger partial charge in [0.15, 0.2) is 0 Å². The van der Waals surface area contributed by atoms with Crippen LogP contribution in [0.25, 0.3) is 0 Å². The number of hydrogen-bond donors (Lipinski definition) is 0. The molecule has 3 amide bonds. The molecule has 0 aromatic heterocycles. The molecular formula is C23H33N3O5. The fourth-order valence-corrected chi connectivity index (χ4v) is 3.85. The molecule has 2 fully saturated rings. The summed E-state index contributed by atoms with van der Waals surface area (Å²) in [5, 5.41) is 0. The van der Waals surface area contributed by atoms with Gasteiger partial charge in [0, 0.05) is 39.3 Å². The van der Waals surface area contributed by atoms with E-state index in [1.165, 1.54) is 0 Å². The van der Waals surface area contributed by atoms with E-state index in [0.29, 0.717) is 39.3 Å². The van der Waals surface area contributed by atoms with Gasteiger partial charge in [-0.3, -0.25) is 4.79 Å². The first-order valence-corrected chi connectivity index (χ1v) is 11.0. The molecule has 1 unspecified atom stereocenters. The number of rotatable bonds is 3. The monoisotopic (exact) mass is 431 g/mol. The van der Waals surface area contributed by atoms with E-state index in [2.05, 4.69) is 0 Å². The van der Waals surface area contributed by atoms with Gasteiger partial charge in [-0.25, -0.2) is 9.59 Å². The zero-order chi connectivity index (χ0) is 22.4. The average molecular weight is 432 g/mol. The Morgan fingerprint density at radius 3 is 2.19 bits per heavy atom. The summed E-state index contributed by atoms with van der Waals surface area (Å²) in [5.74, 6) is -0.185. The van der Waals surface area contributed by atoms with Gasteiger partial charge in [0.25, 0.3) is 0 Å². The minimum absolute atomic E-state index is 0.0457. The Hall–Kier alpha value is -2.77. The van der Waals surface area contributed by atoms with E-state index in [9.17, 15) is 14.4 Å². The number of piperidine rings is 1. The summed E-state index contributed by atoms with van der Waals surface area (Å²) >= 11 is 0. The van der Waals surface area contributed by atoms with Gasteiger partial charge in [-0.15, -0.1) is 0 Å². The van der Waals surface area contributed by atoms with Gasteiger partial charge in [0.2, 0.25) is 5.91 Å². The summed E-state index contributed by atoms with van der Waals surface area (Å²) in [7, 11) is 0. The van der Waals surface area contributed by atoms with Crippen LogP contribution in [0.4, 0.5) is 9.59 Å². The standard InChI is InChI=1S/C23H33N3O5/c1-23(2,3)31-22(29)25-14-12-24(13-15-25)20(27)19-10-7-11-26(16-19)21(28)30-17-18-8-5-4-6-9-18/h4-6,8-9,19H,7,10-17H2,1-3H3. The van der Waals surface area contributed by atoms with E-state index in [0.717, 1.165) is 18.4 Å². The molecule has 2 saturated heterocycles. The molecule has 0 aliphatic carbocycles. The fraction of sp³-hybridized carbons (Fsp3) is 0.609. The van der Waals surface area contributed by atoms with Crippen LogP contribution in [0.3, 0.4) is 0 Å². The van der Waals surface area contributed by atoms with Gasteiger partial charge in [0.1, 0.15) is 12.2 Å². The fourth-order valence-electron chi connectivity index (χ4n) is 3.85. The second-order valence-corrected chi connectivity index (χ2v) is 9.12. The smallest absolute Gasteiger partial charge is 0.410 e. The van der Waals surface area contributed by atoms with Crippen molar-refractivity contribution >= 4 is 18.1 Å². The largest absolute Gasteiger partial charge is 0.445 e. The maximum atomic E-state index is 13.0. The Bertz CT molecular complexity index is 769. The SMILES string of the molecule is CC(C)(C)OC(=O)N1CCN(C(=O)C2CCCN(C(=O)OCc3ccccc3)C2)CC1. The minimum atomic E-state index is -0.537. The topological polar surface area (TPSA) is 79.4 Å². The first kappa shape index (κ1) is 22.9. The molecule has 1 aromatic rings. The number of nitrogens with zero attached hydrogens (tertiary/aromatic N) is 3. The average Bonchev–Trinajstić information content (AvgIpc) is 2.76. The Kier molecular flexibility index (Phi) is 7.41. The Balaban J connectivity index is 1.46. The lowest BCUT2D eigenvalue weighted by atomic mass is 9.96. The van der Waals surface area contributed by atoms with E-state index < -0.39 is 5.60 Å². The van der Waals surface area contributed by atoms with E-state index in [4.69, 9.17) is 9.47 Å². The van der Waals surface area contributed by atoms with Gasteiger partial charge < -0.3 is 24.2 Å². The van der Waals surface area contributed by atoms with Crippen molar-refractivity contribution in [3.05, 3.63) is 35.9 Å². The molecule has 1 atom stereocenters. The highest BCUT2D eigenvalue weighted by Crippen LogP contribution is 2.21. The molecule has 0 radical (unpaired) electrons. The molecule has 2 heterocycles. The number of carbonyl (C=O) groups excluding carboxylic acids is 3. The number of amides is 3. The molecular weight excluding hydrogens is 398 g/mol. The third-order valence-electron chi connectivity index (χ3n) is 5.48. The predicted octanol–water partition coefficient (Wildman–Crippen LogP) is 3.11. The summed E-state index contributed by atoms with van der Waals surface area (Å²) < 4.78 is 10.8. The maximum Gasteiger partial charge on any atom is 0.410 e. The summed E-state index contributed by atoms with van der Waals surface area (Å²) in [6, 6.07) is 9.54. The van der Waals surface area contributed by atoms with Gasteiger partial charge in [-0.1, -0.05) is 30.3 Å². The first-order valence-electron chi connectivity index (χ1n) is 11.0. The summed E-state index contributed by atoms with van der Waals surface area (Å²) in [5.41, 5.74) is 0.397. The third-order valence-corrected chi connectivity index (χ3v) is 5.48. The molecule has 2 aliphatic heterocycles. The number of carbonyl (C=O) groups is 3. The van der Waals surface area contributed by atoms with Crippen LogP contribution in [-0.4, -0.2) is 77.7 Å². The summed E-state index contributed by atoms with van der Waals surface area (Å²) in [4.78, 5) is 42.8. The normalized spacial score (nSPS) is 19.7. The first-order chi connectivity index (χ1) is 14.7. The molecule has 3 rings (SSSR count). The number of hydrogen-bond acceptors (Lipinski definition) is 5. The molecule has 1 aromatic carbocycles. The van der Waals surface area contributed by atoms with Crippen LogP contribution in [0.15, 0.2) is 30.3 Å². The van der Waals surface area contributed by atoms with Gasteiger partial charge in [0.05, 0.1) is 5.92 Å². The molecule has 0 bridgehead atoms. The van der Waals surface area contributed by atoms with Crippen molar-refractivity contribution in [2.24, 2.45) is 5.92 Å². The lowest BCUT2D eigenvalue weighted by molar-refractivity contribution is -0.138. The van der Waals surface area contributed by atoms with Crippen LogP contribution in [0.1, 0.15) is 39.2 Å². The zero-order valence-electron chi connectivity index (χ0n) is 18.7. The lowest BCUT2D eigenvalue weighted by Gasteiger charge is -2.39. The van der Waals surface area contributed by atoms with Crippen molar-refractivity contribution in [3.8, 4) is 0 Å². The third kappa shape index (κ3) is 6.60. The minimum Gasteiger partial charge on any atom is -0.445 e. The van der Waals surface area contributed by atoms with Gasteiger partial charge >= 0.3 is 12.2 Å². The molecule has 8 nitrogen and oxygen atoms in total. The van der Waals surface area contributed by atoms with E-state index >= 15 is 0 Å². The highest BCUT2D eigenvalue weighted by molar-refractivity contribution is 5.80. The van der Waals surface area contributed by atoms with Crippen molar-refractivity contribution in [1.82, 2.24) is 14.7 Å². The van der Waals surface area contributed by atoms with E-state index in [1.807, 2.05) is 51.1 Å². The van der Waals surface area contributed by atoms with Crippen molar-refractivity contribution in [1.29, 1.82) is 0 Å². The van der Waals surface area contributed by atoms with Crippen LogP contribution in [0, 0.1) is 5.92 Å². The van der Waals surface area contributed by atoms with Gasteiger partial charge in [-0.05, 0) is 39.2 Å². The highest BCUT2D eigenvalue weighted by Gasteiger charge is 2.34. The molecule has 170 valence electrons. The van der Waals surface area contributed by atoms with Crippen LogP contribution >= 0.6 is 0 Å². The predicted molar refractivity (Wildman–Crippen MR) is 115 cm³/mol. The van der Waals surface area contributed by atoms with E-state index in [1.54, 1.807) is 14.7 Å². The van der Waals surface area contributed by atoms with Crippen LogP contribution in [0.5, 0.6) is 0 Å². The van der Waals surface area contributed by atoms with Crippen molar-refractivity contribution in [2.45, 2.75) is 45.8 Å². The van der Waals surface area contributed by atoms with Crippen molar-refractivity contribution in [3.63, 3.8) is 0 Å². The number of likely N-dealkylation sites (tertiary alicyclic amines) is 1. The van der Waals surface area contributed by atoms with Crippen LogP contribution in [-0.2, 0) is 20.9 Å². The van der Waals surface area contributed by atoms with E-state index in [-0.39, 0.29) is 30.6 Å². The van der Waals surface area contributed by atoms with Gasteiger partial charge in [-0.2, -0.15) is 0 Å². The second-order valence-electron chi connectivity index (χ2n) is 9.12. The molecule has 2 aliphatic rings. The lowest BCUT2D eigenvalue weighted by Crippen LogP contribution is -2.54. The van der Waals surface area contributed by atoms with Crippen LogP contribution < -0.4 is 0 Å². The maximum absolute atomic E-state index is 13.0. The van der Waals surface area contributed by atoms with Crippen LogP contribution in [0.2, 0.25) is 0 Å². The molecule has 0 N–H and O–H groups in total. The van der Waals surface area contributed by atoms with Crippen molar-refractivity contribution in [2.75, 3.05) is 39.3 Å². The summed E-state index contributed by atoms with van der Waals surface area (Å²) in [6.45, 7) is 8.58. The Morgan fingerprint density at radius 1 is 0.903 bits per heavy atom.